The molecule has 0 rings (SSSR count). The third kappa shape index (κ3) is 77.2. The summed E-state index contributed by atoms with van der Waals surface area (Å²) in [7, 11) is 5.99. The molecule has 0 aliphatic heterocycles. The zero-order valence-corrected chi connectivity index (χ0v) is 62.8. The van der Waals surface area contributed by atoms with E-state index in [2.05, 4.69) is 123 Å². The number of unbranched alkanes of at least 4 members (excludes halogenated alkanes) is 41. The predicted octanol–water partition coefficient (Wildman–Crippen LogP) is 25.7. The van der Waals surface area contributed by atoms with Gasteiger partial charge >= 0.3 is 17.9 Å². The molecule has 0 aliphatic rings. The highest BCUT2D eigenvalue weighted by Gasteiger charge is 2.25. The lowest BCUT2D eigenvalue weighted by molar-refractivity contribution is -0.870. The standard InChI is InChI=1S/C86H151NO8/c1-6-8-10-12-14-16-18-20-22-24-26-28-30-32-34-36-38-39-40-41-42-43-44-45-47-49-51-53-55-57-59-61-63-65-67-69-71-73-75-77-84(89)95-82(81-94-86(85(90)91)92-79-78-87(3,4)5)80-93-83(88)76-74-72-70-68-66-64-62-60-58-56-54-52-50-48-46-37-35-33-31-29-27-25-23-21-19-17-15-13-11-9-7-2/h8,10,14,16,19-22,25-28,31-34,38-39,82,86H,6-7,9,11-13,15,17-18,23-24,29-30,35-37,40-81H2,1-5H3/p+1/b10-8-,16-14-,21-19-,22-20-,27-25-,28-26-,33-31-,34-32-,39-38-. The van der Waals surface area contributed by atoms with E-state index in [0.717, 1.165) is 89.9 Å². The molecule has 1 N–H and O–H groups in total. The lowest BCUT2D eigenvalue weighted by Crippen LogP contribution is -2.40. The van der Waals surface area contributed by atoms with Gasteiger partial charge in [0.15, 0.2) is 6.10 Å². The molecule has 0 fully saturated rings. The number of allylic oxidation sites excluding steroid dienone is 18. The molecule has 0 heterocycles. The minimum absolute atomic E-state index is 0.181. The highest BCUT2D eigenvalue weighted by molar-refractivity contribution is 5.71. The van der Waals surface area contributed by atoms with E-state index < -0.39 is 18.4 Å². The summed E-state index contributed by atoms with van der Waals surface area (Å²) in [4.78, 5) is 37.7. The van der Waals surface area contributed by atoms with Crippen molar-refractivity contribution in [1.29, 1.82) is 0 Å². The monoisotopic (exact) mass is 1330 g/mol. The fraction of sp³-hybridized carbons (Fsp3) is 0.756. The molecule has 9 heteroatoms. The fourth-order valence-corrected chi connectivity index (χ4v) is 11.4. The summed E-state index contributed by atoms with van der Waals surface area (Å²) in [6, 6.07) is 0. The highest BCUT2D eigenvalue weighted by atomic mass is 16.7. The maximum absolute atomic E-state index is 13.0. The number of carbonyl (C=O) groups is 3. The van der Waals surface area contributed by atoms with Gasteiger partial charge in [0.2, 0.25) is 0 Å². The zero-order valence-electron chi connectivity index (χ0n) is 62.8. The molecule has 0 saturated heterocycles. The molecule has 2 unspecified atom stereocenters. The van der Waals surface area contributed by atoms with Crippen molar-refractivity contribution in [1.82, 2.24) is 0 Å². The van der Waals surface area contributed by atoms with Crippen LogP contribution in [0, 0.1) is 0 Å². The summed E-state index contributed by atoms with van der Waals surface area (Å²) in [5.74, 6) is -1.99. The molecule has 0 amide bonds. The van der Waals surface area contributed by atoms with Gasteiger partial charge in [-0.2, -0.15) is 0 Å². The lowest BCUT2D eigenvalue weighted by Gasteiger charge is -2.25. The number of esters is 2. The maximum atomic E-state index is 13.0. The molecule has 0 aromatic rings. The van der Waals surface area contributed by atoms with Crippen molar-refractivity contribution in [3.05, 3.63) is 109 Å². The van der Waals surface area contributed by atoms with Crippen LogP contribution in [0.2, 0.25) is 0 Å². The van der Waals surface area contributed by atoms with Crippen LogP contribution in [0.3, 0.4) is 0 Å². The van der Waals surface area contributed by atoms with E-state index in [1.54, 1.807) is 0 Å². The third-order valence-corrected chi connectivity index (χ3v) is 17.5. The maximum Gasteiger partial charge on any atom is 0.361 e. The largest absolute Gasteiger partial charge is 0.477 e. The number of hydrogen-bond donors (Lipinski definition) is 1. The second kappa shape index (κ2) is 75.7. The van der Waals surface area contributed by atoms with Crippen LogP contribution in [0.15, 0.2) is 109 Å². The normalized spacial score (nSPS) is 13.2. The van der Waals surface area contributed by atoms with Crippen molar-refractivity contribution >= 4 is 17.9 Å². The summed E-state index contributed by atoms with van der Waals surface area (Å²) >= 11 is 0. The van der Waals surface area contributed by atoms with E-state index in [0.29, 0.717) is 17.4 Å². The number of likely N-dealkylation sites (N-methyl/N-ethyl adjacent to an activating group) is 1. The van der Waals surface area contributed by atoms with E-state index >= 15 is 0 Å². The Bertz CT molecular complexity index is 1930. The van der Waals surface area contributed by atoms with Gasteiger partial charge in [0, 0.05) is 12.8 Å². The van der Waals surface area contributed by atoms with Crippen molar-refractivity contribution in [2.45, 2.75) is 373 Å². The van der Waals surface area contributed by atoms with Crippen molar-refractivity contribution in [2.24, 2.45) is 0 Å². The summed E-state index contributed by atoms with van der Waals surface area (Å²) in [6.07, 6.45) is 104. The number of carbonyl (C=O) groups excluding carboxylic acids is 2. The quantitative estimate of drug-likeness (QED) is 0.0211. The Kier molecular flexibility index (Phi) is 72.5. The molecule has 0 saturated carbocycles. The van der Waals surface area contributed by atoms with E-state index in [-0.39, 0.29) is 38.2 Å². The summed E-state index contributed by atoms with van der Waals surface area (Å²) in [5, 5.41) is 9.78. The minimum Gasteiger partial charge on any atom is -0.477 e. The average Bonchev–Trinajstić information content (AvgIpc) is 2.92. The smallest absolute Gasteiger partial charge is 0.361 e. The molecular weight excluding hydrogens is 1170 g/mol. The van der Waals surface area contributed by atoms with Crippen LogP contribution < -0.4 is 0 Å². The Morgan fingerprint density at radius 3 is 0.895 bits per heavy atom. The highest BCUT2D eigenvalue weighted by Crippen LogP contribution is 2.19. The van der Waals surface area contributed by atoms with Crippen LogP contribution in [0.5, 0.6) is 0 Å². The van der Waals surface area contributed by atoms with Gasteiger partial charge in [-0.3, -0.25) is 9.59 Å². The first-order valence-corrected chi connectivity index (χ1v) is 40.1. The molecule has 95 heavy (non-hydrogen) atoms. The van der Waals surface area contributed by atoms with Crippen LogP contribution >= 0.6 is 0 Å². The van der Waals surface area contributed by atoms with Gasteiger partial charge in [0.05, 0.1) is 34.4 Å². The molecular formula is C86H152NO8+. The van der Waals surface area contributed by atoms with Crippen LogP contribution in [0.1, 0.15) is 361 Å². The Balaban J connectivity index is 4.01. The molecule has 0 aromatic carbocycles. The van der Waals surface area contributed by atoms with E-state index in [9.17, 15) is 19.5 Å². The first kappa shape index (κ1) is 91.0. The number of nitrogens with zero attached hydrogens (tertiary/aromatic N) is 1. The van der Waals surface area contributed by atoms with E-state index in [4.69, 9.17) is 18.9 Å². The fourth-order valence-electron chi connectivity index (χ4n) is 11.4. The first-order chi connectivity index (χ1) is 46.6. The van der Waals surface area contributed by atoms with Gasteiger partial charge in [-0.25, -0.2) is 4.79 Å². The number of aliphatic carboxylic acids is 1. The van der Waals surface area contributed by atoms with Crippen molar-refractivity contribution in [3.8, 4) is 0 Å². The average molecular weight is 1330 g/mol. The molecule has 0 spiro atoms. The van der Waals surface area contributed by atoms with Gasteiger partial charge in [-0.05, 0) is 103 Å². The summed E-state index contributed by atoms with van der Waals surface area (Å²) in [6.45, 7) is 4.79. The number of rotatable bonds is 74. The number of quaternary nitrogens is 1. The number of hydrogen-bond acceptors (Lipinski definition) is 7. The Hall–Kier alpha value is -4.05. The number of ether oxygens (including phenoxy) is 4. The molecule has 548 valence electrons. The molecule has 0 bridgehead atoms. The van der Waals surface area contributed by atoms with E-state index in [1.165, 1.54) is 244 Å². The first-order valence-electron chi connectivity index (χ1n) is 40.1. The van der Waals surface area contributed by atoms with Crippen LogP contribution in [0.4, 0.5) is 0 Å². The van der Waals surface area contributed by atoms with Gasteiger partial charge in [0.1, 0.15) is 13.2 Å². The Morgan fingerprint density at radius 1 is 0.326 bits per heavy atom. The predicted molar refractivity (Wildman–Crippen MR) is 410 cm³/mol. The second-order valence-corrected chi connectivity index (χ2v) is 28.0. The van der Waals surface area contributed by atoms with Crippen LogP contribution in [-0.2, 0) is 33.3 Å². The van der Waals surface area contributed by atoms with Gasteiger partial charge < -0.3 is 28.5 Å². The summed E-state index contributed by atoms with van der Waals surface area (Å²) in [5.41, 5.74) is 0. The SMILES string of the molecule is CC/C=C\C/C=C\C/C=C\C/C=C\C/C=C\C/C=C\CCCCCCCCCCCCCCCCCCCCCCC(=O)OC(COC(=O)CCCCCCCCCCCCCCCCCC/C=C\C/C=C\C/C=C\CCCCCCC)COC(OCC[N+](C)(C)C)C(=O)O. The lowest BCUT2D eigenvalue weighted by atomic mass is 10.0. The molecule has 0 aromatic heterocycles. The van der Waals surface area contributed by atoms with Crippen LogP contribution in [-0.4, -0.2) is 87.4 Å². The third-order valence-electron chi connectivity index (χ3n) is 17.5. The van der Waals surface area contributed by atoms with Crippen molar-refractivity contribution in [3.63, 3.8) is 0 Å². The zero-order chi connectivity index (χ0) is 69.0. The number of carboxylic acids is 1. The topological polar surface area (TPSA) is 108 Å². The summed E-state index contributed by atoms with van der Waals surface area (Å²) < 4.78 is 23.1. The molecule has 2 atom stereocenters. The van der Waals surface area contributed by atoms with Crippen LogP contribution in [0.25, 0.3) is 0 Å². The van der Waals surface area contributed by atoms with Crippen molar-refractivity contribution in [2.75, 3.05) is 47.5 Å². The van der Waals surface area contributed by atoms with Gasteiger partial charge in [0.25, 0.3) is 6.29 Å². The minimum atomic E-state index is -1.51. The Labute approximate surface area is 587 Å². The number of carboxylic acid groups (broad SMARTS) is 1. The molecule has 0 aliphatic carbocycles. The van der Waals surface area contributed by atoms with Gasteiger partial charge in [-0.15, -0.1) is 0 Å². The molecule has 0 radical (unpaired) electrons. The second-order valence-electron chi connectivity index (χ2n) is 28.0. The molecule has 9 nitrogen and oxygen atoms in total. The van der Waals surface area contributed by atoms with E-state index in [1.807, 2.05) is 21.1 Å². The van der Waals surface area contributed by atoms with Gasteiger partial charge in [-0.1, -0.05) is 354 Å². The Morgan fingerprint density at radius 2 is 0.600 bits per heavy atom. The van der Waals surface area contributed by atoms with Crippen molar-refractivity contribution < 1.29 is 42.9 Å².